The van der Waals surface area contributed by atoms with Gasteiger partial charge in [-0.15, -0.1) is 0 Å². The third kappa shape index (κ3) is 3.61. The van der Waals surface area contributed by atoms with Gasteiger partial charge in [-0.25, -0.2) is 0 Å². The van der Waals surface area contributed by atoms with E-state index in [0.29, 0.717) is 11.6 Å². The largest absolute Gasteiger partial charge is 0.339 e. The number of carbonyl (C=O) groups excluding carboxylic acids is 1. The molecule has 0 radical (unpaired) electrons. The van der Waals surface area contributed by atoms with E-state index < -0.39 is 0 Å². The van der Waals surface area contributed by atoms with E-state index >= 15 is 0 Å². The maximum absolute atomic E-state index is 13.3. The molecule has 2 aromatic heterocycles. The molecule has 2 fully saturated rings. The molecule has 1 unspecified atom stereocenters. The summed E-state index contributed by atoms with van der Waals surface area (Å²) in [4.78, 5) is 26.6. The zero-order valence-electron chi connectivity index (χ0n) is 18.4. The number of hydrogen-bond acceptors (Lipinski definition) is 6. The number of pyridine rings is 1. The number of amides is 1. The lowest BCUT2D eigenvalue weighted by Crippen LogP contribution is -2.44. The predicted molar refractivity (Wildman–Crippen MR) is 118 cm³/mol. The third-order valence-electron chi connectivity index (χ3n) is 6.98. The first kappa shape index (κ1) is 20.1. The first-order valence-corrected chi connectivity index (χ1v) is 11.1. The van der Waals surface area contributed by atoms with Gasteiger partial charge in [0.15, 0.2) is 5.82 Å². The van der Waals surface area contributed by atoms with Crippen molar-refractivity contribution < 1.29 is 9.32 Å². The zero-order valence-corrected chi connectivity index (χ0v) is 18.4. The standard InChI is InChI=1S/C24H29N5O2/c1-16(2)22-26-21(27-31-22)19-14-24(15-28(19)3)9-12-29(13-10-24)23(30)20-18-7-5-4-6-17(18)8-11-25-20/h4-8,11,16,19H,9-10,12-15H2,1-3H3. The summed E-state index contributed by atoms with van der Waals surface area (Å²) in [6.07, 6.45) is 4.71. The molecule has 1 aromatic carbocycles. The van der Waals surface area contributed by atoms with Crippen LogP contribution in [0.25, 0.3) is 10.8 Å². The van der Waals surface area contributed by atoms with Crippen LogP contribution in [0.1, 0.15) is 67.3 Å². The highest BCUT2D eigenvalue weighted by molar-refractivity contribution is 6.05. The summed E-state index contributed by atoms with van der Waals surface area (Å²) >= 11 is 0. The fourth-order valence-corrected chi connectivity index (χ4v) is 5.16. The molecule has 1 amide bonds. The van der Waals surface area contributed by atoms with Crippen molar-refractivity contribution in [3.05, 3.63) is 53.9 Å². The van der Waals surface area contributed by atoms with Gasteiger partial charge in [-0.1, -0.05) is 43.3 Å². The topological polar surface area (TPSA) is 75.4 Å². The summed E-state index contributed by atoms with van der Waals surface area (Å²) < 4.78 is 5.45. The van der Waals surface area contributed by atoms with Gasteiger partial charge in [0, 0.05) is 37.1 Å². The summed E-state index contributed by atoms with van der Waals surface area (Å²) in [5.41, 5.74) is 0.754. The van der Waals surface area contributed by atoms with Crippen molar-refractivity contribution in [1.29, 1.82) is 0 Å². The second-order valence-electron chi connectivity index (χ2n) is 9.45. The van der Waals surface area contributed by atoms with Crippen LogP contribution in [0.4, 0.5) is 0 Å². The molecule has 0 saturated carbocycles. The van der Waals surface area contributed by atoms with Crippen molar-refractivity contribution in [1.82, 2.24) is 24.9 Å². The number of benzene rings is 1. The Morgan fingerprint density at radius 3 is 2.71 bits per heavy atom. The quantitative estimate of drug-likeness (QED) is 0.638. The van der Waals surface area contributed by atoms with Crippen LogP contribution < -0.4 is 0 Å². The van der Waals surface area contributed by atoms with Crippen LogP contribution in [-0.2, 0) is 0 Å². The molecule has 31 heavy (non-hydrogen) atoms. The lowest BCUT2D eigenvalue weighted by atomic mass is 9.76. The average Bonchev–Trinajstić information content (AvgIpc) is 3.38. The van der Waals surface area contributed by atoms with Crippen molar-refractivity contribution >= 4 is 16.7 Å². The molecule has 5 rings (SSSR count). The number of piperidine rings is 1. The van der Waals surface area contributed by atoms with Gasteiger partial charge in [0.25, 0.3) is 5.91 Å². The molecule has 7 heteroatoms. The third-order valence-corrected chi connectivity index (χ3v) is 6.98. The Balaban J connectivity index is 1.29. The van der Waals surface area contributed by atoms with Crippen molar-refractivity contribution in [2.75, 3.05) is 26.7 Å². The van der Waals surface area contributed by atoms with Gasteiger partial charge < -0.3 is 9.42 Å². The van der Waals surface area contributed by atoms with Gasteiger partial charge in [-0.3, -0.25) is 14.7 Å². The van der Waals surface area contributed by atoms with Gasteiger partial charge in [-0.2, -0.15) is 4.98 Å². The minimum atomic E-state index is 0.0364. The molecule has 1 atom stereocenters. The van der Waals surface area contributed by atoms with Crippen LogP contribution in [0.3, 0.4) is 0 Å². The Bertz CT molecular complexity index is 1090. The summed E-state index contributed by atoms with van der Waals surface area (Å²) in [6.45, 7) is 6.64. The van der Waals surface area contributed by atoms with Crippen LogP contribution in [-0.4, -0.2) is 57.5 Å². The van der Waals surface area contributed by atoms with E-state index in [1.54, 1.807) is 6.20 Å². The monoisotopic (exact) mass is 419 g/mol. The maximum atomic E-state index is 13.3. The highest BCUT2D eigenvalue weighted by Gasteiger charge is 2.46. The van der Waals surface area contributed by atoms with E-state index in [4.69, 9.17) is 4.52 Å². The van der Waals surface area contributed by atoms with E-state index in [2.05, 4.69) is 40.9 Å². The molecule has 0 aliphatic carbocycles. The number of carbonyl (C=O) groups is 1. The number of aromatic nitrogens is 3. The molecule has 2 aliphatic heterocycles. The molecule has 4 heterocycles. The van der Waals surface area contributed by atoms with E-state index in [-0.39, 0.29) is 23.3 Å². The smallest absolute Gasteiger partial charge is 0.273 e. The van der Waals surface area contributed by atoms with Crippen LogP contribution in [0.2, 0.25) is 0 Å². The molecule has 2 saturated heterocycles. The normalized spacial score (nSPS) is 21.4. The van der Waals surface area contributed by atoms with Crippen molar-refractivity contribution in [3.63, 3.8) is 0 Å². The number of fused-ring (bicyclic) bond motifs is 1. The average molecular weight is 420 g/mol. The number of nitrogens with zero attached hydrogens (tertiary/aromatic N) is 5. The first-order chi connectivity index (χ1) is 15.0. The van der Waals surface area contributed by atoms with Crippen LogP contribution in [0.15, 0.2) is 41.1 Å². The van der Waals surface area contributed by atoms with Crippen molar-refractivity contribution in [2.24, 2.45) is 5.41 Å². The summed E-state index contributed by atoms with van der Waals surface area (Å²) in [7, 11) is 2.14. The van der Waals surface area contributed by atoms with Gasteiger partial charge in [0.05, 0.1) is 6.04 Å². The molecule has 0 bridgehead atoms. The second-order valence-corrected chi connectivity index (χ2v) is 9.45. The Morgan fingerprint density at radius 2 is 1.97 bits per heavy atom. The van der Waals surface area contributed by atoms with Gasteiger partial charge in [-0.05, 0) is 43.2 Å². The van der Waals surface area contributed by atoms with Crippen LogP contribution >= 0.6 is 0 Å². The van der Waals surface area contributed by atoms with E-state index in [0.717, 1.165) is 55.5 Å². The Morgan fingerprint density at radius 1 is 1.19 bits per heavy atom. The summed E-state index contributed by atoms with van der Waals surface area (Å²) in [5.74, 6) is 1.77. The van der Waals surface area contributed by atoms with Gasteiger partial charge in [0.2, 0.25) is 5.89 Å². The zero-order chi connectivity index (χ0) is 21.6. The number of rotatable bonds is 3. The van der Waals surface area contributed by atoms with Crippen molar-refractivity contribution in [2.45, 2.75) is 45.1 Å². The first-order valence-electron chi connectivity index (χ1n) is 11.1. The minimum Gasteiger partial charge on any atom is -0.339 e. The molecule has 1 spiro atoms. The Labute approximate surface area is 182 Å². The lowest BCUT2D eigenvalue weighted by molar-refractivity contribution is 0.0590. The maximum Gasteiger partial charge on any atom is 0.273 e. The number of hydrogen-bond donors (Lipinski definition) is 0. The van der Waals surface area contributed by atoms with E-state index in [1.807, 2.05) is 35.2 Å². The van der Waals surface area contributed by atoms with Crippen LogP contribution in [0, 0.1) is 5.41 Å². The molecular formula is C24H29N5O2. The molecule has 162 valence electrons. The summed E-state index contributed by atoms with van der Waals surface area (Å²) in [5, 5.41) is 6.24. The van der Waals surface area contributed by atoms with Gasteiger partial charge >= 0.3 is 0 Å². The molecular weight excluding hydrogens is 390 g/mol. The highest BCUT2D eigenvalue weighted by Crippen LogP contribution is 2.48. The fourth-order valence-electron chi connectivity index (χ4n) is 5.16. The molecule has 0 N–H and O–H groups in total. The van der Waals surface area contributed by atoms with Crippen LogP contribution in [0.5, 0.6) is 0 Å². The molecule has 3 aromatic rings. The lowest BCUT2D eigenvalue weighted by Gasteiger charge is -2.39. The highest BCUT2D eigenvalue weighted by atomic mass is 16.5. The SMILES string of the molecule is CC(C)c1nc(C2CC3(CCN(C(=O)c4nccc5ccccc45)CC3)CN2C)no1. The number of likely N-dealkylation sites (tertiary alicyclic amines) is 2. The Kier molecular flexibility index (Phi) is 5.01. The second kappa shape index (κ2) is 7.71. The summed E-state index contributed by atoms with van der Waals surface area (Å²) in [6, 6.07) is 10.1. The van der Waals surface area contributed by atoms with E-state index in [1.165, 1.54) is 0 Å². The van der Waals surface area contributed by atoms with Crippen molar-refractivity contribution in [3.8, 4) is 0 Å². The van der Waals surface area contributed by atoms with E-state index in [9.17, 15) is 4.79 Å². The predicted octanol–water partition coefficient (Wildman–Crippen LogP) is 4.04. The van der Waals surface area contributed by atoms with Gasteiger partial charge in [0.1, 0.15) is 5.69 Å². The fraction of sp³-hybridized carbons (Fsp3) is 0.500. The Hall–Kier alpha value is -2.80. The molecule has 7 nitrogen and oxygen atoms in total. The molecule has 2 aliphatic rings. The minimum absolute atomic E-state index is 0.0364.